The van der Waals surface area contributed by atoms with Gasteiger partial charge in [0.05, 0.1) is 0 Å². The molecule has 0 aliphatic heterocycles. The minimum atomic E-state index is 0.176. The predicted octanol–water partition coefficient (Wildman–Crippen LogP) is 3.42. The molecule has 3 rings (SSSR count). The van der Waals surface area contributed by atoms with E-state index < -0.39 is 0 Å². The molecule has 0 saturated heterocycles. The van der Waals surface area contributed by atoms with Gasteiger partial charge in [-0.25, -0.2) is 9.50 Å². The second-order valence-electron chi connectivity index (χ2n) is 7.03. The van der Waals surface area contributed by atoms with E-state index in [1.807, 2.05) is 18.7 Å². The number of hydrogen-bond donors (Lipinski definition) is 0. The van der Waals surface area contributed by atoms with Gasteiger partial charge in [0.1, 0.15) is 6.33 Å². The Kier molecular flexibility index (Phi) is 5.84. The monoisotopic (exact) mass is 365 g/mol. The first-order valence-electron chi connectivity index (χ1n) is 9.48. The van der Waals surface area contributed by atoms with Crippen LogP contribution < -0.4 is 0 Å². The lowest BCUT2D eigenvalue weighted by Gasteiger charge is -2.23. The first-order valence-corrected chi connectivity index (χ1v) is 9.48. The van der Waals surface area contributed by atoms with E-state index in [0.29, 0.717) is 25.2 Å². The molecule has 142 valence electrons. The average molecular weight is 365 g/mol. The summed E-state index contributed by atoms with van der Waals surface area (Å²) >= 11 is 0. The summed E-state index contributed by atoms with van der Waals surface area (Å²) in [5, 5.41) is 4.22. The lowest BCUT2D eigenvalue weighted by molar-refractivity contribution is -0.131. The number of fused-ring (bicyclic) bond motifs is 1. The molecule has 0 unspecified atom stereocenters. The Morgan fingerprint density at radius 3 is 2.59 bits per heavy atom. The molecule has 0 bridgehead atoms. The largest absolute Gasteiger partial charge is 0.338 e. The molecule has 1 amide bonds. The highest BCUT2D eigenvalue weighted by Gasteiger charge is 2.16. The van der Waals surface area contributed by atoms with Crippen LogP contribution >= 0.6 is 0 Å². The van der Waals surface area contributed by atoms with E-state index in [2.05, 4.69) is 53.2 Å². The van der Waals surface area contributed by atoms with Crippen molar-refractivity contribution in [3.8, 4) is 0 Å². The standard InChI is InChI=1S/C21H27N5O/c1-5-12-25(13-18-8-6-15(2)7-9-18)20(27)11-10-19-16(3)24-21-22-14-23-26(21)17(19)4/h6-9,14H,5,10-13H2,1-4H3. The van der Waals surface area contributed by atoms with E-state index in [1.54, 1.807) is 4.52 Å². The fraction of sp³-hybridized carbons (Fsp3) is 0.429. The molecule has 27 heavy (non-hydrogen) atoms. The maximum atomic E-state index is 12.9. The highest BCUT2D eigenvalue weighted by Crippen LogP contribution is 2.16. The molecular formula is C21H27N5O. The predicted molar refractivity (Wildman–Crippen MR) is 105 cm³/mol. The van der Waals surface area contributed by atoms with Gasteiger partial charge in [-0.2, -0.15) is 10.1 Å². The van der Waals surface area contributed by atoms with Crippen molar-refractivity contribution in [2.75, 3.05) is 6.54 Å². The Balaban J connectivity index is 1.71. The first kappa shape index (κ1) is 19.0. The van der Waals surface area contributed by atoms with Crippen LogP contribution in [-0.4, -0.2) is 36.9 Å². The van der Waals surface area contributed by atoms with Gasteiger partial charge in [-0.05, 0) is 44.7 Å². The minimum absolute atomic E-state index is 0.176. The fourth-order valence-corrected chi connectivity index (χ4v) is 3.38. The van der Waals surface area contributed by atoms with Crippen molar-refractivity contribution in [2.24, 2.45) is 0 Å². The third kappa shape index (κ3) is 4.32. The van der Waals surface area contributed by atoms with Crippen LogP contribution in [0.1, 0.15) is 47.8 Å². The normalized spacial score (nSPS) is 11.1. The Morgan fingerprint density at radius 1 is 1.15 bits per heavy atom. The number of aryl methyl sites for hydroxylation is 3. The number of hydrogen-bond acceptors (Lipinski definition) is 4. The van der Waals surface area contributed by atoms with Crippen LogP contribution in [0, 0.1) is 20.8 Å². The van der Waals surface area contributed by atoms with Gasteiger partial charge in [0.25, 0.3) is 5.78 Å². The zero-order valence-electron chi connectivity index (χ0n) is 16.6. The fourth-order valence-electron chi connectivity index (χ4n) is 3.38. The van der Waals surface area contributed by atoms with E-state index in [-0.39, 0.29) is 5.91 Å². The second-order valence-corrected chi connectivity index (χ2v) is 7.03. The van der Waals surface area contributed by atoms with Crippen molar-refractivity contribution in [3.63, 3.8) is 0 Å². The molecule has 0 radical (unpaired) electrons. The van der Waals surface area contributed by atoms with Crippen LogP contribution in [0.2, 0.25) is 0 Å². The minimum Gasteiger partial charge on any atom is -0.338 e. The lowest BCUT2D eigenvalue weighted by atomic mass is 10.1. The molecule has 0 spiro atoms. The van der Waals surface area contributed by atoms with Gasteiger partial charge in [-0.1, -0.05) is 36.8 Å². The molecule has 3 aromatic rings. The van der Waals surface area contributed by atoms with Gasteiger partial charge in [-0.15, -0.1) is 0 Å². The molecule has 6 heteroatoms. The van der Waals surface area contributed by atoms with Crippen molar-refractivity contribution in [1.29, 1.82) is 0 Å². The Morgan fingerprint density at radius 2 is 1.89 bits per heavy atom. The summed E-state index contributed by atoms with van der Waals surface area (Å²) in [4.78, 5) is 23.5. The smallest absolute Gasteiger partial charge is 0.252 e. The zero-order chi connectivity index (χ0) is 19.4. The van der Waals surface area contributed by atoms with Crippen molar-refractivity contribution in [3.05, 3.63) is 58.7 Å². The lowest BCUT2D eigenvalue weighted by Crippen LogP contribution is -2.31. The number of nitrogens with zero attached hydrogens (tertiary/aromatic N) is 5. The van der Waals surface area contributed by atoms with E-state index in [1.165, 1.54) is 17.5 Å². The van der Waals surface area contributed by atoms with E-state index in [9.17, 15) is 4.79 Å². The summed E-state index contributed by atoms with van der Waals surface area (Å²) in [6.45, 7) is 9.58. The molecule has 0 saturated carbocycles. The molecule has 6 nitrogen and oxygen atoms in total. The van der Waals surface area contributed by atoms with Gasteiger partial charge in [0.15, 0.2) is 0 Å². The van der Waals surface area contributed by atoms with Gasteiger partial charge < -0.3 is 4.90 Å². The molecule has 0 aliphatic carbocycles. The number of rotatable bonds is 7. The van der Waals surface area contributed by atoms with Gasteiger partial charge >= 0.3 is 0 Å². The van der Waals surface area contributed by atoms with Gasteiger partial charge in [-0.3, -0.25) is 4.79 Å². The number of amides is 1. The highest BCUT2D eigenvalue weighted by molar-refractivity contribution is 5.76. The van der Waals surface area contributed by atoms with Crippen LogP contribution in [0.5, 0.6) is 0 Å². The molecule has 2 aromatic heterocycles. The van der Waals surface area contributed by atoms with Crippen molar-refractivity contribution in [2.45, 2.75) is 53.5 Å². The summed E-state index contributed by atoms with van der Waals surface area (Å²) in [6.07, 6.45) is 3.58. The van der Waals surface area contributed by atoms with Crippen LogP contribution in [0.15, 0.2) is 30.6 Å². The summed E-state index contributed by atoms with van der Waals surface area (Å²) in [5.41, 5.74) is 5.40. The van der Waals surface area contributed by atoms with Crippen molar-refractivity contribution < 1.29 is 4.79 Å². The summed E-state index contributed by atoms with van der Waals surface area (Å²) < 4.78 is 1.74. The van der Waals surface area contributed by atoms with Gasteiger partial charge in [0, 0.05) is 30.9 Å². The SMILES string of the molecule is CCCN(Cc1ccc(C)cc1)C(=O)CCc1c(C)nc2ncnn2c1C. The molecular weight excluding hydrogens is 338 g/mol. The van der Waals surface area contributed by atoms with E-state index >= 15 is 0 Å². The maximum absolute atomic E-state index is 12.9. The van der Waals surface area contributed by atoms with Crippen molar-refractivity contribution in [1.82, 2.24) is 24.5 Å². The molecule has 0 aliphatic rings. The third-order valence-corrected chi connectivity index (χ3v) is 4.92. The first-order chi connectivity index (χ1) is 13.0. The second kappa shape index (κ2) is 8.29. The Hall–Kier alpha value is -2.76. The molecule has 2 heterocycles. The highest BCUT2D eigenvalue weighted by atomic mass is 16.2. The van der Waals surface area contributed by atoms with E-state index in [0.717, 1.165) is 29.9 Å². The number of carbonyl (C=O) groups excluding carboxylic acids is 1. The Labute approximate surface area is 160 Å². The number of aromatic nitrogens is 4. The van der Waals surface area contributed by atoms with Crippen molar-refractivity contribution >= 4 is 11.7 Å². The summed E-state index contributed by atoms with van der Waals surface area (Å²) in [6, 6.07) is 8.38. The number of benzene rings is 1. The molecule has 0 N–H and O–H groups in total. The van der Waals surface area contributed by atoms with Crippen LogP contribution in [0.25, 0.3) is 5.78 Å². The summed E-state index contributed by atoms with van der Waals surface area (Å²) in [7, 11) is 0. The average Bonchev–Trinajstić information content (AvgIpc) is 3.11. The third-order valence-electron chi connectivity index (χ3n) is 4.92. The van der Waals surface area contributed by atoms with E-state index in [4.69, 9.17) is 0 Å². The van der Waals surface area contributed by atoms with Crippen LogP contribution in [0.3, 0.4) is 0 Å². The quantitative estimate of drug-likeness (QED) is 0.643. The number of carbonyl (C=O) groups is 1. The summed E-state index contributed by atoms with van der Waals surface area (Å²) in [5.74, 6) is 0.780. The molecule has 1 aromatic carbocycles. The molecule has 0 fully saturated rings. The zero-order valence-corrected chi connectivity index (χ0v) is 16.6. The van der Waals surface area contributed by atoms with Gasteiger partial charge in [0.2, 0.25) is 5.91 Å². The van der Waals surface area contributed by atoms with Crippen LogP contribution in [-0.2, 0) is 17.8 Å². The molecule has 0 atom stereocenters. The topological polar surface area (TPSA) is 63.4 Å². The maximum Gasteiger partial charge on any atom is 0.252 e. The Bertz CT molecular complexity index is 930. The van der Waals surface area contributed by atoms with Crippen LogP contribution in [0.4, 0.5) is 0 Å².